The van der Waals surface area contributed by atoms with Crippen molar-refractivity contribution in [1.82, 2.24) is 14.5 Å². The highest BCUT2D eigenvalue weighted by Crippen LogP contribution is 2.36. The molecular weight excluding hydrogens is 276 g/mol. The zero-order chi connectivity index (χ0) is 15.1. The average Bonchev–Trinajstić information content (AvgIpc) is 3.13. The van der Waals surface area contributed by atoms with E-state index in [4.69, 9.17) is 5.73 Å². The standard InChI is InChI=1S/C17H16N4O/c18-16-15-14(11-4-2-1-3-5-11)9-21(17(15)20-10-19-16)12-6-7-13(22)8-12/h1-7,9-10,12-13,22H,8H2,(H2,18,19,20). The second-order valence-electron chi connectivity index (χ2n) is 5.53. The first-order valence-corrected chi connectivity index (χ1v) is 7.27. The molecule has 0 saturated carbocycles. The van der Waals surface area contributed by atoms with E-state index in [2.05, 4.69) is 20.7 Å². The third kappa shape index (κ3) is 1.98. The molecule has 2 heterocycles. The first-order valence-electron chi connectivity index (χ1n) is 7.27. The number of rotatable bonds is 2. The average molecular weight is 292 g/mol. The molecule has 3 N–H and O–H groups in total. The molecule has 0 radical (unpaired) electrons. The molecule has 0 saturated heterocycles. The number of fused-ring (bicyclic) bond motifs is 1. The number of hydrogen-bond donors (Lipinski definition) is 2. The molecule has 0 aliphatic heterocycles. The number of benzene rings is 1. The smallest absolute Gasteiger partial charge is 0.146 e. The lowest BCUT2D eigenvalue weighted by Gasteiger charge is -2.12. The molecule has 2 unspecified atom stereocenters. The molecule has 5 nitrogen and oxygen atoms in total. The number of hydrogen-bond acceptors (Lipinski definition) is 4. The lowest BCUT2D eigenvalue weighted by atomic mass is 10.1. The number of allylic oxidation sites excluding steroid dienone is 1. The molecule has 2 atom stereocenters. The van der Waals surface area contributed by atoms with Crippen LogP contribution in [-0.2, 0) is 0 Å². The van der Waals surface area contributed by atoms with Crippen molar-refractivity contribution < 1.29 is 5.11 Å². The molecule has 5 heteroatoms. The van der Waals surface area contributed by atoms with E-state index in [1.54, 1.807) is 0 Å². The Hall–Kier alpha value is -2.66. The molecule has 3 aromatic rings. The van der Waals surface area contributed by atoms with Crippen LogP contribution in [-0.4, -0.2) is 25.7 Å². The van der Waals surface area contributed by atoms with Gasteiger partial charge in [-0.3, -0.25) is 0 Å². The summed E-state index contributed by atoms with van der Waals surface area (Å²) in [6.07, 6.45) is 7.63. The van der Waals surface area contributed by atoms with Crippen LogP contribution in [0, 0.1) is 0 Å². The third-order valence-electron chi connectivity index (χ3n) is 4.12. The van der Waals surface area contributed by atoms with Crippen LogP contribution in [0.1, 0.15) is 12.5 Å². The minimum absolute atomic E-state index is 0.0873. The van der Waals surface area contributed by atoms with Crippen LogP contribution < -0.4 is 5.73 Å². The minimum atomic E-state index is -0.401. The van der Waals surface area contributed by atoms with Gasteiger partial charge in [0.15, 0.2) is 0 Å². The normalized spacial score (nSPS) is 20.8. The maximum absolute atomic E-state index is 9.75. The summed E-state index contributed by atoms with van der Waals surface area (Å²) in [6, 6.07) is 10.2. The maximum Gasteiger partial charge on any atom is 0.146 e. The van der Waals surface area contributed by atoms with Gasteiger partial charge < -0.3 is 15.4 Å². The highest BCUT2D eigenvalue weighted by molar-refractivity contribution is 6.00. The van der Waals surface area contributed by atoms with Crippen LogP contribution in [0.4, 0.5) is 5.82 Å². The second-order valence-corrected chi connectivity index (χ2v) is 5.53. The van der Waals surface area contributed by atoms with Crippen molar-refractivity contribution in [1.29, 1.82) is 0 Å². The number of nitrogens with zero attached hydrogens (tertiary/aromatic N) is 3. The molecule has 4 rings (SSSR count). The second kappa shape index (κ2) is 4.96. The Balaban J connectivity index is 1.96. The topological polar surface area (TPSA) is 77.0 Å². The number of aromatic nitrogens is 3. The Labute approximate surface area is 127 Å². The Morgan fingerprint density at radius 1 is 1.14 bits per heavy atom. The van der Waals surface area contributed by atoms with Crippen LogP contribution in [0.15, 0.2) is 55.0 Å². The van der Waals surface area contributed by atoms with Gasteiger partial charge in [0.05, 0.1) is 17.5 Å². The summed E-state index contributed by atoms with van der Waals surface area (Å²) < 4.78 is 2.07. The molecule has 22 heavy (non-hydrogen) atoms. The summed E-state index contributed by atoms with van der Waals surface area (Å²) in [5.41, 5.74) is 9.00. The number of anilines is 1. The summed E-state index contributed by atoms with van der Waals surface area (Å²) in [4.78, 5) is 8.55. The van der Waals surface area contributed by atoms with Gasteiger partial charge in [0, 0.05) is 18.2 Å². The van der Waals surface area contributed by atoms with Gasteiger partial charge in [0.25, 0.3) is 0 Å². The third-order valence-corrected chi connectivity index (χ3v) is 4.12. The Bertz CT molecular complexity index is 854. The van der Waals surface area contributed by atoms with Crippen LogP contribution in [0.3, 0.4) is 0 Å². The van der Waals surface area contributed by atoms with Gasteiger partial charge >= 0.3 is 0 Å². The highest BCUT2D eigenvalue weighted by atomic mass is 16.3. The molecule has 1 aliphatic carbocycles. The maximum atomic E-state index is 9.75. The quantitative estimate of drug-likeness (QED) is 0.712. The van der Waals surface area contributed by atoms with Crippen LogP contribution in [0.2, 0.25) is 0 Å². The van der Waals surface area contributed by atoms with Crippen molar-refractivity contribution in [3.05, 3.63) is 55.0 Å². The van der Waals surface area contributed by atoms with Crippen molar-refractivity contribution in [2.75, 3.05) is 5.73 Å². The summed E-state index contributed by atoms with van der Waals surface area (Å²) in [5.74, 6) is 0.477. The number of aliphatic hydroxyl groups is 1. The van der Waals surface area contributed by atoms with Gasteiger partial charge in [-0.1, -0.05) is 42.5 Å². The Morgan fingerprint density at radius 2 is 1.95 bits per heavy atom. The molecular formula is C17H16N4O. The van der Waals surface area contributed by atoms with Crippen molar-refractivity contribution >= 4 is 16.9 Å². The fourth-order valence-electron chi connectivity index (χ4n) is 3.07. The van der Waals surface area contributed by atoms with E-state index >= 15 is 0 Å². The minimum Gasteiger partial charge on any atom is -0.389 e. The predicted octanol–water partition coefficient (Wildman–Crippen LogP) is 2.54. The van der Waals surface area contributed by atoms with Crippen LogP contribution in [0.5, 0.6) is 0 Å². The largest absolute Gasteiger partial charge is 0.389 e. The van der Waals surface area contributed by atoms with Gasteiger partial charge in [-0.2, -0.15) is 0 Å². The number of nitrogens with two attached hydrogens (primary N) is 1. The van der Waals surface area contributed by atoms with E-state index in [-0.39, 0.29) is 6.04 Å². The summed E-state index contributed by atoms with van der Waals surface area (Å²) in [5, 5.41) is 10.6. The molecule has 0 fully saturated rings. The Kier molecular flexibility index (Phi) is 2.94. The van der Waals surface area contributed by atoms with E-state index in [0.717, 1.165) is 22.2 Å². The monoisotopic (exact) mass is 292 g/mol. The van der Waals surface area contributed by atoms with Gasteiger partial charge in [0.2, 0.25) is 0 Å². The Morgan fingerprint density at radius 3 is 2.68 bits per heavy atom. The molecule has 1 aromatic carbocycles. The van der Waals surface area contributed by atoms with E-state index < -0.39 is 6.10 Å². The van der Waals surface area contributed by atoms with Crippen molar-refractivity contribution in [2.24, 2.45) is 0 Å². The summed E-state index contributed by atoms with van der Waals surface area (Å²) in [7, 11) is 0. The zero-order valence-electron chi connectivity index (χ0n) is 11.9. The molecule has 2 aromatic heterocycles. The van der Waals surface area contributed by atoms with Crippen molar-refractivity contribution in [2.45, 2.75) is 18.6 Å². The van der Waals surface area contributed by atoms with Crippen LogP contribution >= 0.6 is 0 Å². The lowest BCUT2D eigenvalue weighted by Crippen LogP contribution is -2.08. The molecule has 0 amide bonds. The first-order chi connectivity index (χ1) is 10.7. The fraction of sp³-hybridized carbons (Fsp3) is 0.176. The lowest BCUT2D eigenvalue weighted by molar-refractivity contribution is 0.211. The molecule has 0 bridgehead atoms. The molecule has 1 aliphatic rings. The van der Waals surface area contributed by atoms with E-state index in [0.29, 0.717) is 12.2 Å². The van der Waals surface area contributed by atoms with E-state index in [1.807, 2.05) is 42.5 Å². The highest BCUT2D eigenvalue weighted by Gasteiger charge is 2.23. The number of aliphatic hydroxyl groups excluding tert-OH is 1. The number of nitrogen functional groups attached to an aromatic ring is 1. The van der Waals surface area contributed by atoms with Gasteiger partial charge in [-0.05, 0) is 5.56 Å². The zero-order valence-corrected chi connectivity index (χ0v) is 11.9. The van der Waals surface area contributed by atoms with Gasteiger partial charge in [0.1, 0.15) is 17.8 Å². The van der Waals surface area contributed by atoms with Crippen molar-refractivity contribution in [3.63, 3.8) is 0 Å². The van der Waals surface area contributed by atoms with E-state index in [9.17, 15) is 5.11 Å². The SMILES string of the molecule is Nc1ncnc2c1c(-c1ccccc1)cn2C1C=CC(O)C1. The van der Waals surface area contributed by atoms with E-state index in [1.165, 1.54) is 6.33 Å². The first kappa shape index (κ1) is 13.0. The van der Waals surface area contributed by atoms with Crippen LogP contribution in [0.25, 0.3) is 22.2 Å². The summed E-state index contributed by atoms with van der Waals surface area (Å²) in [6.45, 7) is 0. The predicted molar refractivity (Wildman–Crippen MR) is 86.2 cm³/mol. The fourth-order valence-corrected chi connectivity index (χ4v) is 3.07. The molecule has 110 valence electrons. The molecule has 0 spiro atoms. The van der Waals surface area contributed by atoms with Gasteiger partial charge in [-0.15, -0.1) is 0 Å². The summed E-state index contributed by atoms with van der Waals surface area (Å²) >= 11 is 0. The van der Waals surface area contributed by atoms with Crippen molar-refractivity contribution in [3.8, 4) is 11.1 Å². The van der Waals surface area contributed by atoms with Gasteiger partial charge in [-0.25, -0.2) is 9.97 Å².